The molecule has 0 N–H and O–H groups in total. The average Bonchev–Trinajstić information content (AvgIpc) is 1.09. The molecule has 6 heterocycles. The number of para-hydroxylation sites is 2. The summed E-state index contributed by atoms with van der Waals surface area (Å²) in [6, 6.07) is 116. The van der Waals surface area contributed by atoms with Crippen molar-refractivity contribution in [3.8, 4) is 73.1 Å². The van der Waals surface area contributed by atoms with Gasteiger partial charge in [-0.2, -0.15) is 0 Å². The Morgan fingerprint density at radius 3 is 1.57 bits per heavy atom. The van der Waals surface area contributed by atoms with Crippen LogP contribution in [0.1, 0.15) is 0 Å². The Morgan fingerprint density at radius 2 is 0.819 bits per heavy atom. The van der Waals surface area contributed by atoms with Gasteiger partial charge >= 0.3 is 0 Å². The average molecular weight is 1220 g/mol. The van der Waals surface area contributed by atoms with Crippen LogP contribution in [0.25, 0.3) is 159 Å². The first-order valence-electron chi connectivity index (χ1n) is 31.6. The molecule has 0 unspecified atom stereocenters. The topological polar surface area (TPSA) is 72.9 Å². The Labute approximate surface area is 545 Å². The van der Waals surface area contributed by atoms with Crippen LogP contribution < -0.4 is 4.90 Å². The minimum atomic E-state index is 0.700. The number of aromatic nitrogens is 5. The van der Waals surface area contributed by atoms with Crippen molar-refractivity contribution in [3.63, 3.8) is 0 Å². The van der Waals surface area contributed by atoms with Crippen molar-refractivity contribution < 1.29 is 4.42 Å². The molecule has 19 rings (SSSR count). The van der Waals surface area contributed by atoms with Crippen LogP contribution in [-0.4, -0.2) is 24.5 Å². The third-order valence-electron chi connectivity index (χ3n) is 17.9. The molecule has 0 atom stereocenters. The molecule has 7 nitrogen and oxygen atoms in total. The lowest BCUT2D eigenvalue weighted by Crippen LogP contribution is -2.10. The summed E-state index contributed by atoms with van der Waals surface area (Å²) in [5.74, 6) is 0.706. The summed E-state index contributed by atoms with van der Waals surface area (Å²) >= 11 is 1.85. The lowest BCUT2D eigenvalue weighted by atomic mass is 9.98. The molecule has 0 saturated heterocycles. The van der Waals surface area contributed by atoms with Crippen LogP contribution in [0.4, 0.5) is 17.1 Å². The zero-order valence-corrected chi connectivity index (χ0v) is 51.5. The highest BCUT2D eigenvalue weighted by molar-refractivity contribution is 7.25. The van der Waals surface area contributed by atoms with Gasteiger partial charge in [-0.1, -0.05) is 212 Å². The van der Waals surface area contributed by atoms with Gasteiger partial charge in [0.15, 0.2) is 22.6 Å². The molecule has 8 heteroatoms. The Bertz CT molecular complexity index is 5980. The molecule has 3 aromatic heterocycles. The van der Waals surface area contributed by atoms with Crippen LogP contribution in [0.5, 0.6) is 0 Å². The normalized spacial score (nSPS) is 11.8. The van der Waals surface area contributed by atoms with Crippen LogP contribution in [-0.2, 0) is 0 Å². The van der Waals surface area contributed by atoms with Crippen molar-refractivity contribution in [1.29, 1.82) is 0 Å². The number of benzene rings is 13. The number of thiophene rings is 1. The quantitative estimate of drug-likeness (QED) is 0.164. The molecule has 0 spiro atoms. The van der Waals surface area contributed by atoms with Crippen molar-refractivity contribution in [3.05, 3.63) is 328 Å². The molecular formula is C86H54N6OS. The fraction of sp³-hybridized carbons (Fsp3) is 0. The highest BCUT2D eigenvalue weighted by Crippen LogP contribution is 2.44. The van der Waals surface area contributed by atoms with E-state index in [4.69, 9.17) is 24.4 Å². The number of hydrogen-bond acceptors (Lipinski definition) is 7. The first-order valence-corrected chi connectivity index (χ1v) is 32.4. The first kappa shape index (κ1) is 54.6. The number of hydrogen-bond donors (Lipinski definition) is 0. The van der Waals surface area contributed by atoms with Gasteiger partial charge in [-0.15, -0.1) is 11.3 Å². The molecule has 16 aromatic rings. The second-order valence-corrected chi connectivity index (χ2v) is 24.9. The van der Waals surface area contributed by atoms with Crippen molar-refractivity contribution in [1.82, 2.24) is 24.5 Å². The second kappa shape index (κ2) is 22.8. The Hall–Kier alpha value is -12.4. The third-order valence-corrected chi connectivity index (χ3v) is 19.1. The summed E-state index contributed by atoms with van der Waals surface area (Å²) in [6.45, 7) is 0. The fourth-order valence-electron chi connectivity index (χ4n) is 13.3. The third kappa shape index (κ3) is 10.0. The SMILES string of the molecule is c1ccc(-c2cc3nc(n2)-c2cccc(c2)-c2cccc(c2)N(c2ccc4c(c2)sc2ccccc24)c2cccc(c2)-c2cccc-3c2)cc1.c1ccc(-c2cc3nc(n2)c2cccc(c2)c2cccc(c2)n2c4ccccc4oc4ccc(cc4-2)c2cccc3c2)cc1. The van der Waals surface area contributed by atoms with Gasteiger partial charge in [0.25, 0.3) is 0 Å². The summed E-state index contributed by atoms with van der Waals surface area (Å²) in [5.41, 5.74) is 21.0. The Balaban J connectivity index is 0.000000139. The van der Waals surface area contributed by atoms with E-state index in [1.165, 1.54) is 20.2 Å². The van der Waals surface area contributed by atoms with E-state index in [-0.39, 0.29) is 0 Å². The van der Waals surface area contributed by atoms with Gasteiger partial charge in [-0.25, -0.2) is 19.9 Å². The van der Waals surface area contributed by atoms with Gasteiger partial charge in [-0.3, -0.25) is 0 Å². The van der Waals surface area contributed by atoms with E-state index >= 15 is 0 Å². The maximum atomic E-state index is 6.43. The zero-order chi connectivity index (χ0) is 62.1. The first-order chi connectivity index (χ1) is 46.5. The fourth-order valence-corrected chi connectivity index (χ4v) is 14.5. The van der Waals surface area contributed by atoms with E-state index in [9.17, 15) is 0 Å². The molecule has 0 fully saturated rings. The van der Waals surface area contributed by atoms with Crippen LogP contribution in [0.15, 0.2) is 332 Å². The van der Waals surface area contributed by atoms with Gasteiger partial charge in [0.05, 0.1) is 33.8 Å². The molecule has 20 bridgehead atoms. The van der Waals surface area contributed by atoms with E-state index in [1.807, 2.05) is 47.7 Å². The van der Waals surface area contributed by atoms with Crippen LogP contribution in [0.3, 0.4) is 0 Å². The molecule has 440 valence electrons. The van der Waals surface area contributed by atoms with E-state index in [1.54, 1.807) is 0 Å². The van der Waals surface area contributed by atoms with Gasteiger partial charge < -0.3 is 13.9 Å². The minimum absolute atomic E-state index is 0.700. The highest BCUT2D eigenvalue weighted by atomic mass is 32.1. The predicted octanol–water partition coefficient (Wildman–Crippen LogP) is 23.5. The van der Waals surface area contributed by atoms with Crippen molar-refractivity contribution in [2.45, 2.75) is 0 Å². The smallest absolute Gasteiger partial charge is 0.160 e. The summed E-state index contributed by atoms with van der Waals surface area (Å²) < 4.78 is 11.3. The van der Waals surface area contributed by atoms with Crippen LogP contribution in [0.2, 0.25) is 0 Å². The Kier molecular flexibility index (Phi) is 13.3. The molecular weight excluding hydrogens is 1170 g/mol. The van der Waals surface area contributed by atoms with Gasteiger partial charge in [0.1, 0.15) is 0 Å². The number of anilines is 3. The molecule has 0 aliphatic carbocycles. The molecule has 0 amide bonds. The molecule has 94 heavy (non-hydrogen) atoms. The molecule has 0 saturated carbocycles. The number of fused-ring (bicyclic) bond motifs is 33. The van der Waals surface area contributed by atoms with Crippen LogP contribution in [0, 0.1) is 0 Å². The standard InChI is InChI=1S/C46H29N3S.C40H25N3O/c1-2-10-30(11-3-1)42-29-43-35-16-6-12-31(24-35)33-14-8-18-37(26-33)49(39-22-23-41-40-20-4-5-21-44(40)50-45(41)28-39)38-19-9-15-34(27-38)32-13-7-17-36(25-32)46(47-42)48-43;1-2-9-26(10-3-1)34-25-35-31-14-6-11-27(21-31)30-19-20-39-37(24-30)43(36-17-4-5-18-38(36)44-39)33-16-8-13-29(23-33)28-12-7-15-32(22-28)40(41-34)42-35/h1-29H;1-25H. The second-order valence-electron chi connectivity index (χ2n) is 23.8. The van der Waals surface area contributed by atoms with E-state index in [2.05, 4.69) is 301 Å². The number of nitrogens with zero attached hydrogens (tertiary/aromatic N) is 6. The monoisotopic (exact) mass is 1220 g/mol. The molecule has 0 radical (unpaired) electrons. The summed E-state index contributed by atoms with van der Waals surface area (Å²) in [7, 11) is 0. The zero-order valence-electron chi connectivity index (χ0n) is 50.7. The van der Waals surface area contributed by atoms with Gasteiger partial charge in [-0.05, 0) is 159 Å². The summed E-state index contributed by atoms with van der Waals surface area (Å²) in [6.07, 6.45) is 0. The number of rotatable bonds is 3. The lowest BCUT2D eigenvalue weighted by Gasteiger charge is -2.27. The van der Waals surface area contributed by atoms with E-state index in [0.717, 1.165) is 144 Å². The predicted molar refractivity (Wildman–Crippen MR) is 392 cm³/mol. The largest absolute Gasteiger partial charge is 0.453 e. The minimum Gasteiger partial charge on any atom is -0.453 e. The Morgan fingerprint density at radius 1 is 0.287 bits per heavy atom. The van der Waals surface area contributed by atoms with E-state index < -0.39 is 0 Å². The summed E-state index contributed by atoms with van der Waals surface area (Å²) in [5, 5.41) is 9.03. The van der Waals surface area contributed by atoms with E-state index in [0.29, 0.717) is 11.5 Å². The maximum Gasteiger partial charge on any atom is 0.160 e. The van der Waals surface area contributed by atoms with Crippen LogP contribution >= 0.6 is 11.3 Å². The van der Waals surface area contributed by atoms with Crippen molar-refractivity contribution >= 4 is 114 Å². The van der Waals surface area contributed by atoms with Gasteiger partial charge in [0.2, 0.25) is 0 Å². The summed E-state index contributed by atoms with van der Waals surface area (Å²) in [4.78, 5) is 22.9. The van der Waals surface area contributed by atoms with Crippen molar-refractivity contribution in [2.75, 3.05) is 4.90 Å². The van der Waals surface area contributed by atoms with Gasteiger partial charge in [0, 0.05) is 75.8 Å². The molecule has 3 aliphatic heterocycles. The maximum absolute atomic E-state index is 6.43. The highest BCUT2D eigenvalue weighted by Gasteiger charge is 2.20. The molecule has 13 aromatic carbocycles. The lowest BCUT2D eigenvalue weighted by molar-refractivity contribution is 0.647. The van der Waals surface area contributed by atoms with Crippen molar-refractivity contribution in [2.24, 2.45) is 0 Å². The molecule has 3 aliphatic rings.